The first-order valence-corrected chi connectivity index (χ1v) is 7.98. The molecule has 2 aromatic carbocycles. The summed E-state index contributed by atoms with van der Waals surface area (Å²) in [6.07, 6.45) is 0. The monoisotopic (exact) mass is 336 g/mol. The number of hydrogen-bond acceptors (Lipinski definition) is 4. The Morgan fingerprint density at radius 2 is 1.88 bits per heavy atom. The molecule has 0 aliphatic rings. The lowest BCUT2D eigenvalue weighted by atomic mass is 10.00. The highest BCUT2D eigenvalue weighted by atomic mass is 16.5. The summed E-state index contributed by atoms with van der Waals surface area (Å²) in [6.45, 7) is 8.05. The molecule has 0 N–H and O–H groups in total. The maximum atomic E-state index is 12.1. The molecule has 0 bridgehead atoms. The van der Waals surface area contributed by atoms with Gasteiger partial charge in [0.1, 0.15) is 23.7 Å². The molecule has 0 saturated carbocycles. The summed E-state index contributed by atoms with van der Waals surface area (Å²) >= 11 is 0. The second-order valence-corrected chi connectivity index (χ2v) is 6.02. The Morgan fingerprint density at radius 1 is 1.16 bits per heavy atom. The van der Waals surface area contributed by atoms with E-state index >= 15 is 0 Å². The molecule has 25 heavy (non-hydrogen) atoms. The van der Waals surface area contributed by atoms with Crippen LogP contribution in [0, 0.1) is 6.92 Å². The molecule has 3 aromatic rings. The first-order chi connectivity index (χ1) is 12.0. The van der Waals surface area contributed by atoms with E-state index in [0.29, 0.717) is 17.9 Å². The zero-order valence-corrected chi connectivity index (χ0v) is 14.6. The highest BCUT2D eigenvalue weighted by molar-refractivity contribution is 5.95. The fourth-order valence-electron chi connectivity index (χ4n) is 2.71. The van der Waals surface area contributed by atoms with Crippen LogP contribution in [0.3, 0.4) is 0 Å². The van der Waals surface area contributed by atoms with E-state index < -0.39 is 5.63 Å². The minimum Gasteiger partial charge on any atom is -0.497 e. The first-order valence-electron chi connectivity index (χ1n) is 7.98. The van der Waals surface area contributed by atoms with Crippen LogP contribution in [0.5, 0.6) is 11.5 Å². The summed E-state index contributed by atoms with van der Waals surface area (Å²) in [5.74, 6) is 1.45. The SMILES string of the molecule is C=C(C)COc1ccc2c(-c3ccc(OC)cc3)cc(=O)oc2c1C. The minimum absolute atomic E-state index is 0.390. The molecule has 0 atom stereocenters. The molecule has 1 aromatic heterocycles. The van der Waals surface area contributed by atoms with Crippen LogP contribution in [0.4, 0.5) is 0 Å². The number of benzene rings is 2. The Kier molecular flexibility index (Phi) is 4.61. The second kappa shape index (κ2) is 6.85. The van der Waals surface area contributed by atoms with E-state index in [1.807, 2.05) is 50.2 Å². The van der Waals surface area contributed by atoms with Gasteiger partial charge in [0.25, 0.3) is 0 Å². The van der Waals surface area contributed by atoms with E-state index in [4.69, 9.17) is 13.9 Å². The van der Waals surface area contributed by atoms with Crippen LogP contribution >= 0.6 is 0 Å². The predicted molar refractivity (Wildman–Crippen MR) is 99.5 cm³/mol. The van der Waals surface area contributed by atoms with Gasteiger partial charge < -0.3 is 13.9 Å². The normalized spacial score (nSPS) is 10.7. The average molecular weight is 336 g/mol. The Bertz CT molecular complexity index is 981. The molecule has 128 valence electrons. The lowest BCUT2D eigenvalue weighted by molar-refractivity contribution is 0.350. The van der Waals surface area contributed by atoms with Crippen molar-refractivity contribution in [3.63, 3.8) is 0 Å². The maximum Gasteiger partial charge on any atom is 0.336 e. The van der Waals surface area contributed by atoms with Crippen molar-refractivity contribution in [1.29, 1.82) is 0 Å². The van der Waals surface area contributed by atoms with Gasteiger partial charge in [0.2, 0.25) is 0 Å². The molecule has 0 saturated heterocycles. The number of fused-ring (bicyclic) bond motifs is 1. The van der Waals surface area contributed by atoms with Crippen LogP contribution in [0.2, 0.25) is 0 Å². The summed E-state index contributed by atoms with van der Waals surface area (Å²) in [5.41, 5.74) is 3.62. The van der Waals surface area contributed by atoms with E-state index in [2.05, 4.69) is 6.58 Å². The lowest BCUT2D eigenvalue weighted by Crippen LogP contribution is -2.02. The topological polar surface area (TPSA) is 48.7 Å². The van der Waals surface area contributed by atoms with Gasteiger partial charge in [-0.05, 0) is 54.8 Å². The van der Waals surface area contributed by atoms with Crippen LogP contribution in [-0.4, -0.2) is 13.7 Å². The number of hydrogen-bond donors (Lipinski definition) is 0. The van der Waals surface area contributed by atoms with Gasteiger partial charge in [-0.1, -0.05) is 18.7 Å². The van der Waals surface area contributed by atoms with Crippen LogP contribution in [-0.2, 0) is 0 Å². The molecule has 4 heteroatoms. The Balaban J connectivity index is 2.15. The average Bonchev–Trinajstić information content (AvgIpc) is 2.61. The van der Waals surface area contributed by atoms with Crippen molar-refractivity contribution in [2.45, 2.75) is 13.8 Å². The van der Waals surface area contributed by atoms with E-state index in [1.165, 1.54) is 6.07 Å². The zero-order chi connectivity index (χ0) is 18.0. The van der Waals surface area contributed by atoms with E-state index in [9.17, 15) is 4.79 Å². The predicted octanol–water partition coefficient (Wildman–Crippen LogP) is 4.73. The minimum atomic E-state index is -0.390. The van der Waals surface area contributed by atoms with Gasteiger partial charge in [0, 0.05) is 17.0 Å². The third-order valence-corrected chi connectivity index (χ3v) is 3.99. The second-order valence-electron chi connectivity index (χ2n) is 6.02. The quantitative estimate of drug-likeness (QED) is 0.499. The summed E-state index contributed by atoms with van der Waals surface area (Å²) < 4.78 is 16.4. The molecule has 0 aliphatic heterocycles. The van der Waals surface area contributed by atoms with Gasteiger partial charge in [-0.25, -0.2) is 4.79 Å². The van der Waals surface area contributed by atoms with Gasteiger partial charge in [-0.2, -0.15) is 0 Å². The zero-order valence-electron chi connectivity index (χ0n) is 14.6. The standard InChI is InChI=1S/C21H20O4/c1-13(2)12-24-19-10-9-17-18(11-20(22)25-21(17)14(19)3)15-5-7-16(23-4)8-6-15/h5-11H,1,12H2,2-4H3. The van der Waals surface area contributed by atoms with Crippen molar-refractivity contribution < 1.29 is 13.9 Å². The number of rotatable bonds is 5. The smallest absolute Gasteiger partial charge is 0.336 e. The van der Waals surface area contributed by atoms with Crippen molar-refractivity contribution in [3.8, 4) is 22.6 Å². The van der Waals surface area contributed by atoms with E-state index in [1.54, 1.807) is 7.11 Å². The third-order valence-electron chi connectivity index (χ3n) is 3.99. The summed E-state index contributed by atoms with van der Waals surface area (Å²) in [6, 6.07) is 12.9. The molecule has 0 aliphatic carbocycles. The Morgan fingerprint density at radius 3 is 2.52 bits per heavy atom. The summed E-state index contributed by atoms with van der Waals surface area (Å²) in [5, 5.41) is 0.866. The molecule has 1 heterocycles. The van der Waals surface area contributed by atoms with Crippen LogP contribution < -0.4 is 15.1 Å². The fraction of sp³-hybridized carbons (Fsp3) is 0.190. The molecule has 0 amide bonds. The molecule has 0 fully saturated rings. The largest absolute Gasteiger partial charge is 0.497 e. The van der Waals surface area contributed by atoms with Crippen molar-refractivity contribution in [1.82, 2.24) is 0 Å². The highest BCUT2D eigenvalue weighted by Crippen LogP contribution is 2.33. The van der Waals surface area contributed by atoms with Crippen molar-refractivity contribution >= 4 is 11.0 Å². The first kappa shape index (κ1) is 16.8. The van der Waals surface area contributed by atoms with Crippen molar-refractivity contribution in [2.75, 3.05) is 13.7 Å². The molecule has 0 unspecified atom stereocenters. The van der Waals surface area contributed by atoms with Crippen molar-refractivity contribution in [3.05, 3.63) is 70.6 Å². The van der Waals surface area contributed by atoms with Gasteiger partial charge in [-0.15, -0.1) is 0 Å². The maximum absolute atomic E-state index is 12.1. The highest BCUT2D eigenvalue weighted by Gasteiger charge is 2.13. The van der Waals surface area contributed by atoms with Crippen LogP contribution in [0.15, 0.2) is 63.8 Å². The van der Waals surface area contributed by atoms with E-state index in [0.717, 1.165) is 33.4 Å². The molecular weight excluding hydrogens is 316 g/mol. The summed E-state index contributed by atoms with van der Waals surface area (Å²) in [4.78, 5) is 12.1. The van der Waals surface area contributed by atoms with Gasteiger partial charge in [0.15, 0.2) is 0 Å². The number of ether oxygens (including phenoxy) is 2. The Hall–Kier alpha value is -3.01. The molecule has 3 rings (SSSR count). The van der Waals surface area contributed by atoms with Gasteiger partial charge >= 0.3 is 5.63 Å². The fourth-order valence-corrected chi connectivity index (χ4v) is 2.71. The summed E-state index contributed by atoms with van der Waals surface area (Å²) in [7, 11) is 1.62. The molecular formula is C21H20O4. The number of aryl methyl sites for hydroxylation is 1. The van der Waals surface area contributed by atoms with Crippen LogP contribution in [0.25, 0.3) is 22.1 Å². The molecule has 0 radical (unpaired) electrons. The Labute approximate surface area is 146 Å². The lowest BCUT2D eigenvalue weighted by Gasteiger charge is -2.12. The molecule has 4 nitrogen and oxygen atoms in total. The third kappa shape index (κ3) is 3.43. The van der Waals surface area contributed by atoms with Gasteiger partial charge in [-0.3, -0.25) is 0 Å². The van der Waals surface area contributed by atoms with Gasteiger partial charge in [0.05, 0.1) is 7.11 Å². The van der Waals surface area contributed by atoms with E-state index in [-0.39, 0.29) is 0 Å². The van der Waals surface area contributed by atoms with Crippen molar-refractivity contribution in [2.24, 2.45) is 0 Å². The van der Waals surface area contributed by atoms with Crippen LogP contribution in [0.1, 0.15) is 12.5 Å². The number of methoxy groups -OCH3 is 1. The molecule has 0 spiro atoms.